The summed E-state index contributed by atoms with van der Waals surface area (Å²) in [6.07, 6.45) is 0. The van der Waals surface area contributed by atoms with E-state index in [-0.39, 0.29) is 5.41 Å². The summed E-state index contributed by atoms with van der Waals surface area (Å²) in [6.45, 7) is 10.8. The number of hydrogen-bond acceptors (Lipinski definition) is 1. The zero-order valence-corrected chi connectivity index (χ0v) is 13.2. The van der Waals surface area contributed by atoms with Gasteiger partial charge in [0.15, 0.2) is 0 Å². The Bertz CT molecular complexity index is 691. The molecule has 2 aromatic rings. The molecule has 0 bridgehead atoms. The molecule has 2 rings (SSSR count). The molecule has 0 saturated heterocycles. The predicted octanol–water partition coefficient (Wildman–Crippen LogP) is 4.48. The fourth-order valence-electron chi connectivity index (χ4n) is 2.49. The van der Waals surface area contributed by atoms with E-state index in [0.717, 1.165) is 17.0 Å². The molecule has 0 saturated carbocycles. The minimum absolute atomic E-state index is 0.158. The average Bonchev–Trinajstić information content (AvgIpc) is 2.65. The van der Waals surface area contributed by atoms with Crippen molar-refractivity contribution in [2.24, 2.45) is 7.05 Å². The lowest BCUT2D eigenvalue weighted by Crippen LogP contribution is -2.11. The molecule has 1 aromatic heterocycles. The number of aromatic nitrogens is 1. The molecule has 104 valence electrons. The van der Waals surface area contributed by atoms with Crippen molar-refractivity contribution in [3.63, 3.8) is 0 Å². The highest BCUT2D eigenvalue weighted by molar-refractivity contribution is 5.68. The number of benzene rings is 1. The second kappa shape index (κ2) is 4.83. The van der Waals surface area contributed by atoms with Crippen LogP contribution in [0.5, 0.6) is 0 Å². The minimum Gasteiger partial charge on any atom is -0.347 e. The van der Waals surface area contributed by atoms with Gasteiger partial charge in [0.1, 0.15) is 6.07 Å². The molecule has 0 amide bonds. The van der Waals surface area contributed by atoms with Gasteiger partial charge < -0.3 is 4.57 Å². The lowest BCUT2D eigenvalue weighted by atomic mass is 9.85. The molecule has 0 aliphatic rings. The lowest BCUT2D eigenvalue weighted by molar-refractivity contribution is 0.590. The van der Waals surface area contributed by atoms with Gasteiger partial charge in [0.25, 0.3) is 0 Å². The maximum Gasteiger partial charge on any atom is 0.101 e. The van der Waals surface area contributed by atoms with Gasteiger partial charge in [0.2, 0.25) is 0 Å². The highest BCUT2D eigenvalue weighted by Crippen LogP contribution is 2.31. The van der Waals surface area contributed by atoms with E-state index < -0.39 is 0 Å². The summed E-state index contributed by atoms with van der Waals surface area (Å²) in [4.78, 5) is 0. The molecule has 0 aliphatic heterocycles. The predicted molar refractivity (Wildman–Crippen MR) is 83.7 cm³/mol. The molecule has 0 radical (unpaired) electrons. The normalized spacial score (nSPS) is 11.4. The van der Waals surface area contributed by atoms with Crippen molar-refractivity contribution < 1.29 is 0 Å². The molecular weight excluding hydrogens is 244 g/mol. The van der Waals surface area contributed by atoms with Gasteiger partial charge in [0.05, 0.1) is 5.56 Å². The van der Waals surface area contributed by atoms with Crippen molar-refractivity contribution >= 4 is 0 Å². The first kappa shape index (κ1) is 14.4. The van der Waals surface area contributed by atoms with Crippen molar-refractivity contribution in [2.75, 3.05) is 0 Å². The Morgan fingerprint density at radius 2 is 1.75 bits per heavy atom. The number of aryl methyl sites for hydroxylation is 1. The molecule has 2 nitrogen and oxygen atoms in total. The summed E-state index contributed by atoms with van der Waals surface area (Å²) in [6, 6.07) is 10.9. The standard InChI is InChI=1S/C18H22N2/c1-12-9-15(18(3,4)5)7-8-16(12)17-10-14(11-19)13(2)20(17)6/h7-10H,1-6H3. The average molecular weight is 266 g/mol. The molecule has 0 spiro atoms. The summed E-state index contributed by atoms with van der Waals surface area (Å²) in [5.41, 5.74) is 6.82. The van der Waals surface area contributed by atoms with Crippen molar-refractivity contribution in [2.45, 2.75) is 40.0 Å². The second-order valence-electron chi connectivity index (χ2n) is 6.48. The molecule has 1 aromatic carbocycles. The van der Waals surface area contributed by atoms with Gasteiger partial charge in [-0.3, -0.25) is 0 Å². The van der Waals surface area contributed by atoms with Crippen LogP contribution in [0.15, 0.2) is 24.3 Å². The molecule has 0 fully saturated rings. The van der Waals surface area contributed by atoms with E-state index in [4.69, 9.17) is 5.26 Å². The number of rotatable bonds is 1. The number of hydrogen-bond donors (Lipinski definition) is 0. The van der Waals surface area contributed by atoms with Crippen LogP contribution in [0, 0.1) is 25.2 Å². The molecule has 0 N–H and O–H groups in total. The summed E-state index contributed by atoms with van der Waals surface area (Å²) in [7, 11) is 2.02. The third-order valence-corrected chi connectivity index (χ3v) is 4.02. The molecule has 0 aliphatic carbocycles. The highest BCUT2D eigenvalue weighted by Gasteiger charge is 2.17. The smallest absolute Gasteiger partial charge is 0.101 e. The maximum absolute atomic E-state index is 9.16. The van der Waals surface area contributed by atoms with Gasteiger partial charge >= 0.3 is 0 Å². The number of nitriles is 1. The fourth-order valence-corrected chi connectivity index (χ4v) is 2.49. The van der Waals surface area contributed by atoms with Crippen LogP contribution in [-0.2, 0) is 12.5 Å². The topological polar surface area (TPSA) is 28.7 Å². The van der Waals surface area contributed by atoms with Crippen LogP contribution in [0.25, 0.3) is 11.3 Å². The van der Waals surface area contributed by atoms with Gasteiger partial charge in [-0.1, -0.05) is 39.0 Å². The highest BCUT2D eigenvalue weighted by atomic mass is 15.0. The Morgan fingerprint density at radius 3 is 2.20 bits per heavy atom. The van der Waals surface area contributed by atoms with Gasteiger partial charge in [-0.25, -0.2) is 0 Å². The van der Waals surface area contributed by atoms with Crippen molar-refractivity contribution in [1.82, 2.24) is 4.57 Å². The second-order valence-corrected chi connectivity index (χ2v) is 6.48. The van der Waals surface area contributed by atoms with Gasteiger partial charge in [-0.05, 0) is 36.5 Å². The third kappa shape index (κ3) is 2.36. The van der Waals surface area contributed by atoms with E-state index in [9.17, 15) is 0 Å². The van der Waals surface area contributed by atoms with Gasteiger partial charge in [0, 0.05) is 24.0 Å². The molecule has 0 unspecified atom stereocenters. The van der Waals surface area contributed by atoms with Crippen LogP contribution in [0.2, 0.25) is 0 Å². The van der Waals surface area contributed by atoms with E-state index in [0.29, 0.717) is 0 Å². The Labute approximate surface area is 121 Å². The Morgan fingerprint density at radius 1 is 1.10 bits per heavy atom. The van der Waals surface area contributed by atoms with Gasteiger partial charge in [-0.2, -0.15) is 5.26 Å². The van der Waals surface area contributed by atoms with Crippen LogP contribution in [0.1, 0.15) is 43.2 Å². The Kier molecular flexibility index (Phi) is 3.48. The van der Waals surface area contributed by atoms with Crippen LogP contribution in [0.4, 0.5) is 0 Å². The Hall–Kier alpha value is -2.01. The molecule has 20 heavy (non-hydrogen) atoms. The van der Waals surface area contributed by atoms with E-state index >= 15 is 0 Å². The summed E-state index contributed by atoms with van der Waals surface area (Å²) >= 11 is 0. The first-order valence-corrected chi connectivity index (χ1v) is 6.93. The summed E-state index contributed by atoms with van der Waals surface area (Å²) in [5, 5.41) is 9.16. The van der Waals surface area contributed by atoms with E-state index in [1.807, 2.05) is 20.0 Å². The van der Waals surface area contributed by atoms with Crippen LogP contribution in [0.3, 0.4) is 0 Å². The quantitative estimate of drug-likeness (QED) is 0.748. The monoisotopic (exact) mass is 266 g/mol. The van der Waals surface area contributed by atoms with Crippen LogP contribution in [-0.4, -0.2) is 4.57 Å². The number of nitrogens with zero attached hydrogens (tertiary/aromatic N) is 2. The lowest BCUT2D eigenvalue weighted by Gasteiger charge is -2.20. The summed E-state index contributed by atoms with van der Waals surface area (Å²) in [5.74, 6) is 0. The van der Waals surface area contributed by atoms with Crippen LogP contribution < -0.4 is 0 Å². The van der Waals surface area contributed by atoms with Crippen molar-refractivity contribution in [3.8, 4) is 17.3 Å². The molecule has 2 heteroatoms. The SMILES string of the molecule is Cc1cc(C(C)(C)C)ccc1-c1cc(C#N)c(C)n1C. The van der Waals surface area contributed by atoms with Gasteiger partial charge in [-0.15, -0.1) is 0 Å². The fraction of sp³-hybridized carbons (Fsp3) is 0.389. The third-order valence-electron chi connectivity index (χ3n) is 4.02. The zero-order valence-electron chi connectivity index (χ0n) is 13.2. The maximum atomic E-state index is 9.16. The van der Waals surface area contributed by atoms with Crippen molar-refractivity contribution in [1.29, 1.82) is 5.26 Å². The van der Waals surface area contributed by atoms with Crippen molar-refractivity contribution in [3.05, 3.63) is 46.6 Å². The first-order valence-electron chi connectivity index (χ1n) is 6.93. The first-order chi connectivity index (χ1) is 9.25. The van der Waals surface area contributed by atoms with Crippen LogP contribution >= 0.6 is 0 Å². The van der Waals surface area contributed by atoms with E-state index in [2.05, 4.69) is 56.5 Å². The molecular formula is C18H22N2. The largest absolute Gasteiger partial charge is 0.347 e. The minimum atomic E-state index is 0.158. The van der Waals surface area contributed by atoms with E-state index in [1.54, 1.807) is 0 Å². The van der Waals surface area contributed by atoms with E-state index in [1.165, 1.54) is 16.7 Å². The zero-order chi connectivity index (χ0) is 15.1. The Balaban J connectivity index is 2.58. The molecule has 0 atom stereocenters. The summed E-state index contributed by atoms with van der Waals surface area (Å²) < 4.78 is 2.09. The molecule has 1 heterocycles.